The largest absolute Gasteiger partial charge is 0.497 e. The second-order valence-electron chi connectivity index (χ2n) is 6.16. The fourth-order valence-corrected chi connectivity index (χ4v) is 2.97. The molecule has 138 valence electrons. The Morgan fingerprint density at radius 1 is 0.852 bits per heavy atom. The third kappa shape index (κ3) is 4.67. The van der Waals surface area contributed by atoms with Gasteiger partial charge in [-0.3, -0.25) is 4.79 Å². The third-order valence-electron chi connectivity index (χ3n) is 4.44. The highest BCUT2D eigenvalue weighted by atomic mass is 16.5. The molecule has 0 radical (unpaired) electrons. The van der Waals surface area contributed by atoms with E-state index in [1.165, 1.54) is 0 Å². The van der Waals surface area contributed by atoms with Crippen molar-refractivity contribution in [1.29, 1.82) is 0 Å². The Balaban J connectivity index is 1.89. The lowest BCUT2D eigenvalue weighted by molar-refractivity contribution is 0.0976. The molecule has 4 heteroatoms. The maximum Gasteiger partial charge on any atom is 0.165 e. The second kappa shape index (κ2) is 8.90. The first kappa shape index (κ1) is 18.5. The molecule has 1 atom stereocenters. The minimum atomic E-state index is -0.195. The van der Waals surface area contributed by atoms with Gasteiger partial charge in [0.05, 0.1) is 25.9 Å². The minimum absolute atomic E-state index is 0.0822. The molecule has 1 unspecified atom stereocenters. The molecule has 0 fully saturated rings. The van der Waals surface area contributed by atoms with Crippen LogP contribution in [0.4, 0.5) is 5.69 Å². The van der Waals surface area contributed by atoms with Crippen LogP contribution in [0.3, 0.4) is 0 Å². The van der Waals surface area contributed by atoms with E-state index in [-0.39, 0.29) is 11.8 Å². The number of hydrogen-bond acceptors (Lipinski definition) is 4. The third-order valence-corrected chi connectivity index (χ3v) is 4.44. The average molecular weight is 361 g/mol. The molecular formula is C23H23NO3. The van der Waals surface area contributed by atoms with E-state index in [0.29, 0.717) is 12.0 Å². The summed E-state index contributed by atoms with van der Waals surface area (Å²) in [5.41, 5.74) is 2.56. The molecule has 3 rings (SSSR count). The maximum absolute atomic E-state index is 12.8. The standard InChI is InChI=1S/C23H23NO3/c1-26-19-14-12-17(13-15-19)21(16-22(25)18-8-4-3-5-9-18)24-20-10-6-7-11-23(20)27-2/h3-15,21,24H,16H2,1-2H3. The fourth-order valence-electron chi connectivity index (χ4n) is 2.97. The summed E-state index contributed by atoms with van der Waals surface area (Å²) in [7, 11) is 3.27. The zero-order valence-electron chi connectivity index (χ0n) is 15.5. The number of anilines is 1. The first-order chi connectivity index (χ1) is 13.2. The number of para-hydroxylation sites is 2. The molecule has 0 saturated heterocycles. The summed E-state index contributed by atoms with van der Waals surface area (Å²) in [6, 6.07) is 24.6. The van der Waals surface area contributed by atoms with Crippen LogP contribution < -0.4 is 14.8 Å². The van der Waals surface area contributed by atoms with Crippen LogP contribution in [0.25, 0.3) is 0 Å². The first-order valence-corrected chi connectivity index (χ1v) is 8.83. The summed E-state index contributed by atoms with van der Waals surface area (Å²) < 4.78 is 10.7. The fraction of sp³-hybridized carbons (Fsp3) is 0.174. The number of Topliss-reactive ketones (excluding diaryl/α,β-unsaturated/α-hetero) is 1. The Labute approximate surface area is 159 Å². The number of hydrogen-bond donors (Lipinski definition) is 1. The van der Waals surface area contributed by atoms with Gasteiger partial charge in [-0.05, 0) is 29.8 Å². The lowest BCUT2D eigenvalue weighted by atomic mass is 9.97. The van der Waals surface area contributed by atoms with Gasteiger partial charge >= 0.3 is 0 Å². The van der Waals surface area contributed by atoms with Gasteiger partial charge in [0.1, 0.15) is 11.5 Å². The van der Waals surface area contributed by atoms with Gasteiger partial charge in [0, 0.05) is 12.0 Å². The van der Waals surface area contributed by atoms with Crippen molar-refractivity contribution in [2.75, 3.05) is 19.5 Å². The molecule has 27 heavy (non-hydrogen) atoms. The number of ketones is 1. The van der Waals surface area contributed by atoms with Crippen molar-refractivity contribution in [3.63, 3.8) is 0 Å². The normalized spacial score (nSPS) is 11.5. The molecule has 3 aromatic rings. The molecule has 0 aromatic heterocycles. The Hall–Kier alpha value is -3.27. The molecule has 0 aliphatic heterocycles. The number of carbonyl (C=O) groups is 1. The Morgan fingerprint density at radius 3 is 2.19 bits per heavy atom. The van der Waals surface area contributed by atoms with Crippen molar-refractivity contribution in [3.05, 3.63) is 90.0 Å². The first-order valence-electron chi connectivity index (χ1n) is 8.83. The van der Waals surface area contributed by atoms with Crippen LogP contribution in [0, 0.1) is 0 Å². The second-order valence-corrected chi connectivity index (χ2v) is 6.16. The highest BCUT2D eigenvalue weighted by Gasteiger charge is 2.18. The number of ether oxygens (including phenoxy) is 2. The average Bonchev–Trinajstić information content (AvgIpc) is 2.74. The minimum Gasteiger partial charge on any atom is -0.497 e. The predicted molar refractivity (Wildman–Crippen MR) is 108 cm³/mol. The summed E-state index contributed by atoms with van der Waals surface area (Å²) in [4.78, 5) is 12.8. The van der Waals surface area contributed by atoms with Crippen LogP contribution in [-0.4, -0.2) is 20.0 Å². The molecular weight excluding hydrogens is 338 g/mol. The molecule has 0 heterocycles. The van der Waals surface area contributed by atoms with Crippen LogP contribution in [0.5, 0.6) is 11.5 Å². The lowest BCUT2D eigenvalue weighted by Crippen LogP contribution is -2.16. The Morgan fingerprint density at radius 2 is 1.52 bits per heavy atom. The quantitative estimate of drug-likeness (QED) is 0.565. The number of nitrogens with one attached hydrogen (secondary N) is 1. The number of benzene rings is 3. The van der Waals surface area contributed by atoms with Gasteiger partial charge in [0.25, 0.3) is 0 Å². The van der Waals surface area contributed by atoms with E-state index < -0.39 is 0 Å². The van der Waals surface area contributed by atoms with Gasteiger partial charge in [-0.25, -0.2) is 0 Å². The van der Waals surface area contributed by atoms with E-state index >= 15 is 0 Å². The van der Waals surface area contributed by atoms with Gasteiger partial charge in [0.2, 0.25) is 0 Å². The highest BCUT2D eigenvalue weighted by Crippen LogP contribution is 2.31. The monoisotopic (exact) mass is 361 g/mol. The number of carbonyl (C=O) groups excluding carboxylic acids is 1. The van der Waals surface area contributed by atoms with E-state index in [4.69, 9.17) is 9.47 Å². The summed E-state index contributed by atoms with van der Waals surface area (Å²) in [6.45, 7) is 0. The predicted octanol–water partition coefficient (Wildman–Crippen LogP) is 5.13. The van der Waals surface area contributed by atoms with E-state index in [9.17, 15) is 4.79 Å². The van der Waals surface area contributed by atoms with Crippen LogP contribution in [0.1, 0.15) is 28.4 Å². The maximum atomic E-state index is 12.8. The van der Waals surface area contributed by atoms with Gasteiger partial charge < -0.3 is 14.8 Å². The van der Waals surface area contributed by atoms with Crippen LogP contribution in [-0.2, 0) is 0 Å². The van der Waals surface area contributed by atoms with Crippen molar-refractivity contribution in [1.82, 2.24) is 0 Å². The number of rotatable bonds is 8. The molecule has 0 bridgehead atoms. The van der Waals surface area contributed by atoms with Crippen molar-refractivity contribution < 1.29 is 14.3 Å². The van der Waals surface area contributed by atoms with Crippen molar-refractivity contribution >= 4 is 11.5 Å². The van der Waals surface area contributed by atoms with Gasteiger partial charge in [-0.1, -0.05) is 54.6 Å². The molecule has 1 N–H and O–H groups in total. The summed E-state index contributed by atoms with van der Waals surface area (Å²) in [5, 5.41) is 3.47. The molecule has 0 aliphatic rings. The Kier molecular flexibility index (Phi) is 6.10. The van der Waals surface area contributed by atoms with Crippen LogP contribution >= 0.6 is 0 Å². The Bertz CT molecular complexity index is 876. The highest BCUT2D eigenvalue weighted by molar-refractivity contribution is 5.96. The molecule has 3 aromatic carbocycles. The van der Waals surface area contributed by atoms with Crippen molar-refractivity contribution in [2.45, 2.75) is 12.5 Å². The summed E-state index contributed by atoms with van der Waals surface area (Å²) in [5.74, 6) is 1.60. The van der Waals surface area contributed by atoms with Gasteiger partial charge in [-0.2, -0.15) is 0 Å². The smallest absolute Gasteiger partial charge is 0.165 e. The van der Waals surface area contributed by atoms with E-state index in [1.807, 2.05) is 78.9 Å². The summed E-state index contributed by atoms with van der Waals surface area (Å²) in [6.07, 6.45) is 0.328. The van der Waals surface area contributed by atoms with Crippen LogP contribution in [0.15, 0.2) is 78.9 Å². The number of methoxy groups -OCH3 is 2. The molecule has 4 nitrogen and oxygen atoms in total. The van der Waals surface area contributed by atoms with Gasteiger partial charge in [0.15, 0.2) is 5.78 Å². The molecule has 0 aliphatic carbocycles. The SMILES string of the molecule is COc1ccc(C(CC(=O)c2ccccc2)Nc2ccccc2OC)cc1. The summed E-state index contributed by atoms with van der Waals surface area (Å²) >= 11 is 0. The molecule has 0 saturated carbocycles. The zero-order valence-corrected chi connectivity index (χ0v) is 15.5. The molecule has 0 spiro atoms. The lowest BCUT2D eigenvalue weighted by Gasteiger charge is -2.21. The van der Waals surface area contributed by atoms with E-state index in [2.05, 4.69) is 5.32 Å². The van der Waals surface area contributed by atoms with Gasteiger partial charge in [-0.15, -0.1) is 0 Å². The van der Waals surface area contributed by atoms with E-state index in [0.717, 1.165) is 22.7 Å². The molecule has 0 amide bonds. The van der Waals surface area contributed by atoms with Crippen molar-refractivity contribution in [3.8, 4) is 11.5 Å². The van der Waals surface area contributed by atoms with Crippen molar-refractivity contribution in [2.24, 2.45) is 0 Å². The van der Waals surface area contributed by atoms with Crippen LogP contribution in [0.2, 0.25) is 0 Å². The zero-order chi connectivity index (χ0) is 19.1. The van der Waals surface area contributed by atoms with E-state index in [1.54, 1.807) is 14.2 Å². The topological polar surface area (TPSA) is 47.6 Å².